The largest absolute Gasteiger partial charge is 0.481 e. The molecule has 22 heavy (non-hydrogen) atoms. The number of halogens is 1. The molecule has 1 unspecified atom stereocenters. The first-order valence-electron chi connectivity index (χ1n) is 6.53. The van der Waals surface area contributed by atoms with E-state index in [1.165, 1.54) is 17.0 Å². The smallest absolute Gasteiger partial charge is 0.308 e. The standard InChI is InChI=1S/C14H17NO5S.ClH/c1-9-3-4-11(21(2,19)20)7-12(9)13(16)15-6-5-10(8-15)14(17)18;/h3-4,7,10H,5-6,8H2,1-2H3,(H,17,18);1H. The van der Waals surface area contributed by atoms with Crippen molar-refractivity contribution >= 4 is 34.1 Å². The lowest BCUT2D eigenvalue weighted by molar-refractivity contribution is -0.141. The molecule has 0 saturated carbocycles. The molecule has 1 aromatic carbocycles. The third kappa shape index (κ3) is 3.78. The van der Waals surface area contributed by atoms with Crippen molar-refractivity contribution in [2.75, 3.05) is 19.3 Å². The summed E-state index contributed by atoms with van der Waals surface area (Å²) in [6.45, 7) is 2.26. The number of amides is 1. The fourth-order valence-corrected chi connectivity index (χ4v) is 3.03. The molecule has 0 bridgehead atoms. The number of carbonyl (C=O) groups is 2. The summed E-state index contributed by atoms with van der Waals surface area (Å²) in [4.78, 5) is 24.9. The molecule has 1 aliphatic heterocycles. The summed E-state index contributed by atoms with van der Waals surface area (Å²) in [5.41, 5.74) is 0.982. The van der Waals surface area contributed by atoms with E-state index >= 15 is 0 Å². The number of carboxylic acids is 1. The highest BCUT2D eigenvalue weighted by Gasteiger charge is 2.32. The molecule has 1 N–H and O–H groups in total. The molecule has 0 radical (unpaired) electrons. The van der Waals surface area contributed by atoms with Crippen LogP contribution in [0.15, 0.2) is 23.1 Å². The van der Waals surface area contributed by atoms with Gasteiger partial charge in [-0.3, -0.25) is 9.59 Å². The Labute approximate surface area is 135 Å². The van der Waals surface area contributed by atoms with Gasteiger partial charge < -0.3 is 10.0 Å². The van der Waals surface area contributed by atoms with Crippen LogP contribution in [0.2, 0.25) is 0 Å². The van der Waals surface area contributed by atoms with Crippen LogP contribution in [0.1, 0.15) is 22.3 Å². The number of nitrogens with zero attached hydrogens (tertiary/aromatic N) is 1. The first-order valence-corrected chi connectivity index (χ1v) is 8.42. The van der Waals surface area contributed by atoms with Gasteiger partial charge in [-0.2, -0.15) is 0 Å². The Morgan fingerprint density at radius 2 is 1.95 bits per heavy atom. The predicted molar refractivity (Wildman–Crippen MR) is 83.2 cm³/mol. The predicted octanol–water partition coefficient (Wildman–Crippen LogP) is 1.37. The molecule has 122 valence electrons. The van der Waals surface area contributed by atoms with Gasteiger partial charge in [0.15, 0.2) is 9.84 Å². The number of carboxylic acid groups (broad SMARTS) is 1. The van der Waals surface area contributed by atoms with Crippen LogP contribution >= 0.6 is 12.4 Å². The van der Waals surface area contributed by atoms with E-state index in [1.54, 1.807) is 13.0 Å². The van der Waals surface area contributed by atoms with Gasteiger partial charge in [-0.15, -0.1) is 12.4 Å². The van der Waals surface area contributed by atoms with Crippen LogP contribution in [0.3, 0.4) is 0 Å². The van der Waals surface area contributed by atoms with Gasteiger partial charge in [-0.05, 0) is 31.0 Å². The third-order valence-electron chi connectivity index (χ3n) is 3.69. The summed E-state index contributed by atoms with van der Waals surface area (Å²) in [5.74, 6) is -1.78. The third-order valence-corrected chi connectivity index (χ3v) is 4.80. The second-order valence-electron chi connectivity index (χ2n) is 5.32. The van der Waals surface area contributed by atoms with Crippen molar-refractivity contribution < 1.29 is 23.1 Å². The zero-order valence-corrected chi connectivity index (χ0v) is 13.9. The lowest BCUT2D eigenvalue weighted by Gasteiger charge is -2.17. The molecule has 0 spiro atoms. The van der Waals surface area contributed by atoms with Crippen LogP contribution in [0.25, 0.3) is 0 Å². The molecular weight excluding hydrogens is 330 g/mol. The maximum absolute atomic E-state index is 12.5. The zero-order valence-electron chi connectivity index (χ0n) is 12.3. The van der Waals surface area contributed by atoms with Gasteiger partial charge in [-0.25, -0.2) is 8.42 Å². The first kappa shape index (κ1) is 18.4. The second kappa shape index (κ2) is 6.66. The molecule has 6 nitrogen and oxygen atoms in total. The maximum Gasteiger partial charge on any atom is 0.308 e. The number of hydrogen-bond donors (Lipinski definition) is 1. The molecule has 1 amide bonds. The number of sulfone groups is 1. The average molecular weight is 348 g/mol. The molecule has 1 saturated heterocycles. The normalized spacial score (nSPS) is 17.9. The molecule has 1 atom stereocenters. The van der Waals surface area contributed by atoms with Crippen LogP contribution in [-0.4, -0.2) is 49.6 Å². The SMILES string of the molecule is Cc1ccc(S(C)(=O)=O)cc1C(=O)N1CCC(C(=O)O)C1.Cl. The van der Waals surface area contributed by atoms with Gasteiger partial charge in [0, 0.05) is 24.9 Å². The summed E-state index contributed by atoms with van der Waals surface area (Å²) >= 11 is 0. The first-order chi connectivity index (χ1) is 9.70. The second-order valence-corrected chi connectivity index (χ2v) is 7.34. The molecule has 1 aromatic rings. The lowest BCUT2D eigenvalue weighted by atomic mass is 10.1. The van der Waals surface area contributed by atoms with E-state index in [9.17, 15) is 18.0 Å². The molecular formula is C14H18ClNO5S. The van der Waals surface area contributed by atoms with E-state index in [4.69, 9.17) is 5.11 Å². The van der Waals surface area contributed by atoms with Crippen molar-refractivity contribution in [1.29, 1.82) is 0 Å². The fourth-order valence-electron chi connectivity index (χ4n) is 2.38. The van der Waals surface area contributed by atoms with E-state index in [0.29, 0.717) is 24.1 Å². The summed E-state index contributed by atoms with van der Waals surface area (Å²) in [7, 11) is -3.39. The van der Waals surface area contributed by atoms with Gasteiger partial charge in [-0.1, -0.05) is 6.07 Å². The van der Waals surface area contributed by atoms with Crippen LogP contribution < -0.4 is 0 Å². The number of benzene rings is 1. The van der Waals surface area contributed by atoms with Crippen LogP contribution in [0.4, 0.5) is 0 Å². The highest BCUT2D eigenvalue weighted by Crippen LogP contribution is 2.22. The van der Waals surface area contributed by atoms with E-state index in [0.717, 1.165) is 6.26 Å². The Balaban J connectivity index is 0.00000242. The number of carbonyl (C=O) groups excluding carboxylic acids is 1. The van der Waals surface area contributed by atoms with Crippen LogP contribution in [0.5, 0.6) is 0 Å². The summed E-state index contributed by atoms with van der Waals surface area (Å²) < 4.78 is 23.2. The molecule has 0 aromatic heterocycles. The van der Waals surface area contributed by atoms with E-state index < -0.39 is 21.7 Å². The molecule has 0 aliphatic carbocycles. The van der Waals surface area contributed by atoms with Gasteiger partial charge in [0.25, 0.3) is 5.91 Å². The number of rotatable bonds is 3. The summed E-state index contributed by atoms with van der Waals surface area (Å²) in [6.07, 6.45) is 1.51. The van der Waals surface area contributed by atoms with E-state index in [2.05, 4.69) is 0 Å². The van der Waals surface area contributed by atoms with Gasteiger partial charge >= 0.3 is 5.97 Å². The van der Waals surface area contributed by atoms with E-state index in [-0.39, 0.29) is 29.8 Å². The molecule has 2 rings (SSSR count). The Kier molecular flexibility index (Phi) is 5.59. The van der Waals surface area contributed by atoms with E-state index in [1.807, 2.05) is 0 Å². The number of aryl methyl sites for hydroxylation is 1. The van der Waals surface area contributed by atoms with Gasteiger partial charge in [0.05, 0.1) is 10.8 Å². The molecule has 1 aliphatic rings. The summed E-state index contributed by atoms with van der Waals surface area (Å²) in [6, 6.07) is 4.42. The quantitative estimate of drug-likeness (QED) is 0.891. The number of likely N-dealkylation sites (tertiary alicyclic amines) is 1. The van der Waals surface area contributed by atoms with Crippen LogP contribution in [-0.2, 0) is 14.6 Å². The monoisotopic (exact) mass is 347 g/mol. The van der Waals surface area contributed by atoms with Crippen LogP contribution in [0, 0.1) is 12.8 Å². The minimum absolute atomic E-state index is 0. The summed E-state index contributed by atoms with van der Waals surface area (Å²) in [5, 5.41) is 8.97. The zero-order chi connectivity index (χ0) is 15.8. The maximum atomic E-state index is 12.5. The van der Waals surface area contributed by atoms with Crippen molar-refractivity contribution in [2.24, 2.45) is 5.92 Å². The Morgan fingerprint density at radius 1 is 1.32 bits per heavy atom. The van der Waals surface area contributed by atoms with Crippen molar-refractivity contribution in [3.63, 3.8) is 0 Å². The van der Waals surface area contributed by atoms with Crippen molar-refractivity contribution in [3.8, 4) is 0 Å². The Bertz CT molecular complexity index is 701. The Hall–Kier alpha value is -1.60. The van der Waals surface area contributed by atoms with Crippen molar-refractivity contribution in [1.82, 2.24) is 4.90 Å². The average Bonchev–Trinajstić information content (AvgIpc) is 2.86. The highest BCUT2D eigenvalue weighted by molar-refractivity contribution is 7.90. The fraction of sp³-hybridized carbons (Fsp3) is 0.429. The lowest BCUT2D eigenvalue weighted by Crippen LogP contribution is -2.30. The number of hydrogen-bond acceptors (Lipinski definition) is 4. The molecule has 1 fully saturated rings. The number of aliphatic carboxylic acids is 1. The van der Waals surface area contributed by atoms with Crippen molar-refractivity contribution in [2.45, 2.75) is 18.2 Å². The van der Waals surface area contributed by atoms with Crippen molar-refractivity contribution in [3.05, 3.63) is 29.3 Å². The minimum Gasteiger partial charge on any atom is -0.481 e. The highest BCUT2D eigenvalue weighted by atomic mass is 35.5. The molecule has 1 heterocycles. The molecule has 8 heteroatoms. The Morgan fingerprint density at radius 3 is 2.45 bits per heavy atom. The van der Waals surface area contributed by atoms with Gasteiger partial charge in [0.2, 0.25) is 0 Å². The van der Waals surface area contributed by atoms with Gasteiger partial charge in [0.1, 0.15) is 0 Å². The minimum atomic E-state index is -3.39. The topological polar surface area (TPSA) is 91.8 Å².